The Morgan fingerprint density at radius 1 is 1.09 bits per heavy atom. The van der Waals surface area contributed by atoms with Crippen LogP contribution in [-0.4, -0.2) is 24.4 Å². The van der Waals surface area contributed by atoms with Gasteiger partial charge in [0.15, 0.2) is 0 Å². The molecule has 2 bridgehead atoms. The first-order valence-electron chi connectivity index (χ1n) is 7.95. The Morgan fingerprint density at radius 3 is 2.17 bits per heavy atom. The number of rotatable bonds is 3. The summed E-state index contributed by atoms with van der Waals surface area (Å²) in [5, 5.41) is 0. The highest BCUT2D eigenvalue weighted by Crippen LogP contribution is 2.53. The predicted molar refractivity (Wildman–Crippen MR) is 82.6 cm³/mol. The van der Waals surface area contributed by atoms with Gasteiger partial charge in [-0.1, -0.05) is 12.2 Å². The molecule has 1 aromatic carbocycles. The molecule has 118 valence electrons. The fourth-order valence-electron chi connectivity index (χ4n) is 4.12. The summed E-state index contributed by atoms with van der Waals surface area (Å²) in [6, 6.07) is 6.46. The van der Waals surface area contributed by atoms with Crippen LogP contribution in [0.15, 0.2) is 36.4 Å². The van der Waals surface area contributed by atoms with Crippen LogP contribution in [0.1, 0.15) is 23.7 Å². The second-order valence-corrected chi connectivity index (χ2v) is 6.28. The zero-order valence-corrected chi connectivity index (χ0v) is 12.8. The van der Waals surface area contributed by atoms with Gasteiger partial charge < -0.3 is 4.74 Å². The average Bonchev–Trinajstić information content (AvgIpc) is 3.22. The van der Waals surface area contributed by atoms with E-state index in [1.807, 2.05) is 0 Å². The SMILES string of the molecule is CCOC(=O)c1ccc(N2C(=O)[C@@H]3[C@H](C2=O)[C@H]2C=C[C@@H]3C2)cc1. The van der Waals surface area contributed by atoms with Crippen LogP contribution in [0.2, 0.25) is 0 Å². The number of allylic oxidation sites excluding steroid dienone is 2. The monoisotopic (exact) mass is 311 g/mol. The fraction of sp³-hybridized carbons (Fsp3) is 0.389. The van der Waals surface area contributed by atoms with Crippen LogP contribution in [0, 0.1) is 23.7 Å². The number of carbonyl (C=O) groups excluding carboxylic acids is 3. The normalized spacial score (nSPS) is 30.9. The number of ether oxygens (including phenoxy) is 1. The molecular weight excluding hydrogens is 294 g/mol. The minimum absolute atomic E-state index is 0.110. The predicted octanol–water partition coefficient (Wildman–Crippen LogP) is 2.17. The standard InChI is InChI=1S/C18H17NO4/c1-2-23-18(22)10-5-7-13(8-6-10)19-16(20)14-11-3-4-12(9-11)15(14)17(19)21/h3-8,11-12,14-15H,2,9H2,1H3/t11-,12+,14+,15-. The van der Waals surface area contributed by atoms with Crippen LogP contribution in [0.5, 0.6) is 0 Å². The first kappa shape index (κ1) is 14.2. The van der Waals surface area contributed by atoms with Crippen LogP contribution in [0.25, 0.3) is 0 Å². The summed E-state index contributed by atoms with van der Waals surface area (Å²) < 4.78 is 4.94. The van der Waals surface area contributed by atoms with Gasteiger partial charge in [0.05, 0.1) is 29.7 Å². The van der Waals surface area contributed by atoms with Crippen molar-refractivity contribution in [2.45, 2.75) is 13.3 Å². The quantitative estimate of drug-likeness (QED) is 0.487. The lowest BCUT2D eigenvalue weighted by molar-refractivity contribution is -0.123. The van der Waals surface area contributed by atoms with Gasteiger partial charge in [0.2, 0.25) is 11.8 Å². The molecule has 0 aromatic heterocycles. The molecule has 3 aliphatic rings. The van der Waals surface area contributed by atoms with E-state index < -0.39 is 5.97 Å². The highest BCUT2D eigenvalue weighted by molar-refractivity contribution is 6.22. The topological polar surface area (TPSA) is 63.7 Å². The Hall–Kier alpha value is -2.43. The summed E-state index contributed by atoms with van der Waals surface area (Å²) in [6.07, 6.45) is 5.07. The largest absolute Gasteiger partial charge is 0.462 e. The Balaban J connectivity index is 1.61. The molecule has 5 nitrogen and oxygen atoms in total. The van der Waals surface area contributed by atoms with E-state index in [2.05, 4.69) is 12.2 Å². The summed E-state index contributed by atoms with van der Waals surface area (Å²) >= 11 is 0. The van der Waals surface area contributed by atoms with Crippen LogP contribution < -0.4 is 4.90 Å². The minimum atomic E-state index is -0.405. The summed E-state index contributed by atoms with van der Waals surface area (Å²) in [6.45, 7) is 2.05. The molecule has 4 atom stereocenters. The van der Waals surface area contributed by atoms with Crippen molar-refractivity contribution < 1.29 is 19.1 Å². The van der Waals surface area contributed by atoms with Crippen molar-refractivity contribution in [1.82, 2.24) is 0 Å². The molecule has 2 amide bonds. The lowest BCUT2D eigenvalue weighted by Gasteiger charge is -2.17. The molecule has 1 aromatic rings. The van der Waals surface area contributed by atoms with Gasteiger partial charge in [-0.15, -0.1) is 0 Å². The number of anilines is 1. The maximum absolute atomic E-state index is 12.7. The summed E-state index contributed by atoms with van der Waals surface area (Å²) in [7, 11) is 0. The van der Waals surface area contributed by atoms with Crippen molar-refractivity contribution in [1.29, 1.82) is 0 Å². The number of hydrogen-bond acceptors (Lipinski definition) is 4. The van der Waals surface area contributed by atoms with E-state index in [-0.39, 0.29) is 35.5 Å². The van der Waals surface area contributed by atoms with Gasteiger partial charge in [-0.2, -0.15) is 0 Å². The number of benzene rings is 1. The van der Waals surface area contributed by atoms with Gasteiger partial charge >= 0.3 is 5.97 Å². The summed E-state index contributed by atoms with van der Waals surface area (Å²) in [5.74, 6) is -0.640. The number of fused-ring (bicyclic) bond motifs is 5. The average molecular weight is 311 g/mol. The third kappa shape index (κ3) is 1.96. The maximum Gasteiger partial charge on any atom is 0.338 e. The van der Waals surface area contributed by atoms with Crippen molar-refractivity contribution in [3.63, 3.8) is 0 Å². The van der Waals surface area contributed by atoms with Gasteiger partial charge in [0, 0.05) is 0 Å². The van der Waals surface area contributed by atoms with Crippen LogP contribution >= 0.6 is 0 Å². The zero-order chi connectivity index (χ0) is 16.1. The van der Waals surface area contributed by atoms with Gasteiger partial charge in [0.25, 0.3) is 0 Å². The lowest BCUT2D eigenvalue weighted by Crippen LogP contribution is -2.32. The Bertz CT molecular complexity index is 691. The van der Waals surface area contributed by atoms with Crippen molar-refractivity contribution in [2.24, 2.45) is 23.7 Å². The van der Waals surface area contributed by atoms with E-state index >= 15 is 0 Å². The van der Waals surface area contributed by atoms with Gasteiger partial charge in [-0.25, -0.2) is 4.79 Å². The number of carbonyl (C=O) groups is 3. The van der Waals surface area contributed by atoms with E-state index in [0.29, 0.717) is 17.9 Å². The second kappa shape index (κ2) is 5.05. The van der Waals surface area contributed by atoms with E-state index in [0.717, 1.165) is 6.42 Å². The Kier molecular flexibility index (Phi) is 3.11. The zero-order valence-electron chi connectivity index (χ0n) is 12.8. The number of nitrogens with zero attached hydrogens (tertiary/aromatic N) is 1. The van der Waals surface area contributed by atoms with Crippen molar-refractivity contribution in [2.75, 3.05) is 11.5 Å². The molecule has 2 fully saturated rings. The summed E-state index contributed by atoms with van der Waals surface area (Å²) in [5.41, 5.74) is 0.943. The molecule has 5 heteroatoms. The molecule has 0 unspecified atom stereocenters. The molecule has 4 rings (SSSR count). The molecule has 2 aliphatic carbocycles. The van der Waals surface area contributed by atoms with Crippen molar-refractivity contribution in [3.8, 4) is 0 Å². The van der Waals surface area contributed by atoms with E-state index in [1.165, 1.54) is 4.90 Å². The molecule has 23 heavy (non-hydrogen) atoms. The highest BCUT2D eigenvalue weighted by atomic mass is 16.5. The van der Waals surface area contributed by atoms with Crippen molar-refractivity contribution >= 4 is 23.5 Å². The molecule has 1 saturated heterocycles. The molecular formula is C18H17NO4. The number of esters is 1. The molecule has 1 heterocycles. The van der Waals surface area contributed by atoms with Crippen LogP contribution in [-0.2, 0) is 14.3 Å². The van der Waals surface area contributed by atoms with E-state index in [4.69, 9.17) is 4.74 Å². The lowest BCUT2D eigenvalue weighted by atomic mass is 9.85. The smallest absolute Gasteiger partial charge is 0.338 e. The van der Waals surface area contributed by atoms with Crippen LogP contribution in [0.3, 0.4) is 0 Å². The molecule has 1 aliphatic heterocycles. The molecule has 1 saturated carbocycles. The van der Waals surface area contributed by atoms with E-state index in [1.54, 1.807) is 31.2 Å². The Labute approximate surface area is 133 Å². The molecule has 0 radical (unpaired) electrons. The molecule has 0 spiro atoms. The number of hydrogen-bond donors (Lipinski definition) is 0. The third-order valence-corrected chi connectivity index (χ3v) is 5.11. The fourth-order valence-corrected chi connectivity index (χ4v) is 4.12. The van der Waals surface area contributed by atoms with Gasteiger partial charge in [-0.3, -0.25) is 14.5 Å². The number of amides is 2. The number of imide groups is 1. The first-order valence-corrected chi connectivity index (χ1v) is 7.95. The minimum Gasteiger partial charge on any atom is -0.462 e. The molecule has 0 N–H and O–H groups in total. The van der Waals surface area contributed by atoms with Crippen LogP contribution in [0.4, 0.5) is 5.69 Å². The first-order chi connectivity index (χ1) is 11.1. The van der Waals surface area contributed by atoms with Crippen molar-refractivity contribution in [3.05, 3.63) is 42.0 Å². The maximum atomic E-state index is 12.7. The Morgan fingerprint density at radius 2 is 1.65 bits per heavy atom. The third-order valence-electron chi connectivity index (χ3n) is 5.11. The van der Waals surface area contributed by atoms with Gasteiger partial charge in [0.1, 0.15) is 0 Å². The van der Waals surface area contributed by atoms with E-state index in [9.17, 15) is 14.4 Å². The second-order valence-electron chi connectivity index (χ2n) is 6.28. The highest BCUT2D eigenvalue weighted by Gasteiger charge is 2.59. The summed E-state index contributed by atoms with van der Waals surface area (Å²) in [4.78, 5) is 38.3. The van der Waals surface area contributed by atoms with Gasteiger partial charge in [-0.05, 0) is 49.4 Å².